The molecule has 2 aromatic rings. The van der Waals surface area contributed by atoms with Gasteiger partial charge in [-0.05, 0) is 37.3 Å². The first-order chi connectivity index (χ1) is 10.1. The van der Waals surface area contributed by atoms with E-state index in [1.165, 1.54) is 11.3 Å². The molecule has 21 heavy (non-hydrogen) atoms. The summed E-state index contributed by atoms with van der Waals surface area (Å²) in [7, 11) is 0. The number of aromatic nitrogens is 1. The molecule has 5 N–H and O–H groups in total. The Labute approximate surface area is 127 Å². The zero-order valence-corrected chi connectivity index (χ0v) is 12.6. The van der Waals surface area contributed by atoms with Gasteiger partial charge in [-0.2, -0.15) is 0 Å². The molecule has 0 aliphatic heterocycles. The van der Waals surface area contributed by atoms with Crippen molar-refractivity contribution in [1.29, 1.82) is 0 Å². The summed E-state index contributed by atoms with van der Waals surface area (Å²) in [5, 5.41) is 4.41. The Kier molecular flexibility index (Phi) is 3.55. The fraction of sp³-hybridized carbons (Fsp3) is 0.333. The van der Waals surface area contributed by atoms with Gasteiger partial charge in [0.25, 0.3) is 5.91 Å². The van der Waals surface area contributed by atoms with E-state index in [0.717, 1.165) is 29.0 Å². The lowest BCUT2D eigenvalue weighted by Gasteiger charge is -2.15. The van der Waals surface area contributed by atoms with E-state index in [1.54, 1.807) is 6.20 Å². The number of hydrogen-bond donors (Lipinski definition) is 3. The fourth-order valence-electron chi connectivity index (χ4n) is 2.44. The maximum absolute atomic E-state index is 11.5. The van der Waals surface area contributed by atoms with E-state index in [1.807, 2.05) is 18.3 Å². The van der Waals surface area contributed by atoms with Crippen LogP contribution in [-0.4, -0.2) is 10.9 Å². The topological polar surface area (TPSA) is 94.0 Å². The van der Waals surface area contributed by atoms with Crippen LogP contribution in [0.3, 0.4) is 0 Å². The van der Waals surface area contributed by atoms with Crippen LogP contribution < -0.4 is 16.8 Å². The first-order valence-electron chi connectivity index (χ1n) is 6.96. The third-order valence-corrected chi connectivity index (χ3v) is 4.89. The van der Waals surface area contributed by atoms with Gasteiger partial charge in [0, 0.05) is 18.0 Å². The van der Waals surface area contributed by atoms with Crippen molar-refractivity contribution in [2.75, 3.05) is 11.1 Å². The monoisotopic (exact) mass is 302 g/mol. The van der Waals surface area contributed by atoms with Crippen molar-refractivity contribution < 1.29 is 4.79 Å². The number of pyridine rings is 1. The summed E-state index contributed by atoms with van der Waals surface area (Å²) in [6.07, 6.45) is 5.82. The molecule has 5 nitrogen and oxygen atoms in total. The average Bonchev–Trinajstić information content (AvgIpc) is 3.24. The van der Waals surface area contributed by atoms with E-state index in [4.69, 9.17) is 11.5 Å². The molecule has 2 heterocycles. The lowest BCUT2D eigenvalue weighted by Crippen LogP contribution is -2.11. The summed E-state index contributed by atoms with van der Waals surface area (Å²) < 4.78 is 0. The second kappa shape index (κ2) is 5.37. The molecule has 110 valence electrons. The van der Waals surface area contributed by atoms with Crippen LogP contribution in [0.5, 0.6) is 0 Å². The van der Waals surface area contributed by atoms with Crippen LogP contribution in [0.4, 0.5) is 10.7 Å². The predicted molar refractivity (Wildman–Crippen MR) is 85.5 cm³/mol. The second-order valence-electron chi connectivity index (χ2n) is 5.38. The molecule has 0 radical (unpaired) electrons. The molecule has 6 heteroatoms. The van der Waals surface area contributed by atoms with Gasteiger partial charge >= 0.3 is 0 Å². The molecule has 0 bridgehead atoms. The van der Waals surface area contributed by atoms with Gasteiger partial charge in [0.05, 0.1) is 16.7 Å². The number of hydrogen-bond acceptors (Lipinski definition) is 5. The minimum absolute atomic E-state index is 0.0926. The summed E-state index contributed by atoms with van der Waals surface area (Å²) in [5.74, 6) is -0.000529. The van der Waals surface area contributed by atoms with Gasteiger partial charge < -0.3 is 16.8 Å². The predicted octanol–water partition coefficient (Wildman–Crippen LogP) is 2.87. The Hall–Kier alpha value is -2.08. The van der Waals surface area contributed by atoms with Crippen LogP contribution >= 0.6 is 11.3 Å². The molecule has 1 aliphatic carbocycles. The maximum atomic E-state index is 11.5. The zero-order chi connectivity index (χ0) is 15.0. The average molecular weight is 302 g/mol. The van der Waals surface area contributed by atoms with Crippen molar-refractivity contribution in [3.63, 3.8) is 0 Å². The normalized spacial score (nSPS) is 15.7. The van der Waals surface area contributed by atoms with Gasteiger partial charge in [0.1, 0.15) is 4.88 Å². The number of amides is 1. The summed E-state index contributed by atoms with van der Waals surface area (Å²) in [4.78, 5) is 16.1. The van der Waals surface area contributed by atoms with Crippen LogP contribution in [0.15, 0.2) is 24.5 Å². The summed E-state index contributed by atoms with van der Waals surface area (Å²) in [6.45, 7) is 2.06. The van der Waals surface area contributed by atoms with E-state index >= 15 is 0 Å². The van der Waals surface area contributed by atoms with Crippen LogP contribution in [0.2, 0.25) is 0 Å². The van der Waals surface area contributed by atoms with Gasteiger partial charge in [0.2, 0.25) is 0 Å². The molecule has 1 atom stereocenters. The molecule has 1 amide bonds. The molecule has 1 unspecified atom stereocenters. The number of nitrogens with one attached hydrogen (secondary N) is 1. The number of rotatable bonds is 5. The maximum Gasteiger partial charge on any atom is 0.260 e. The number of nitrogens with two attached hydrogens (primary N) is 2. The Morgan fingerprint density at radius 2 is 2.29 bits per heavy atom. The van der Waals surface area contributed by atoms with Crippen molar-refractivity contribution >= 4 is 27.9 Å². The highest BCUT2D eigenvalue weighted by atomic mass is 32.1. The van der Waals surface area contributed by atoms with Gasteiger partial charge in [-0.3, -0.25) is 9.78 Å². The molecule has 2 aromatic heterocycles. The minimum atomic E-state index is -0.457. The Morgan fingerprint density at radius 3 is 2.86 bits per heavy atom. The molecule has 3 rings (SSSR count). The van der Waals surface area contributed by atoms with Crippen LogP contribution in [0.25, 0.3) is 0 Å². The second-order valence-corrected chi connectivity index (χ2v) is 6.40. The minimum Gasteiger partial charge on any atom is -0.397 e. The number of nitrogen functional groups attached to an aromatic ring is 1. The molecule has 1 saturated carbocycles. The zero-order valence-electron chi connectivity index (χ0n) is 11.8. The van der Waals surface area contributed by atoms with E-state index in [0.29, 0.717) is 16.5 Å². The molecule has 0 spiro atoms. The van der Waals surface area contributed by atoms with Crippen molar-refractivity contribution in [2.24, 2.45) is 5.73 Å². The quantitative estimate of drug-likeness (QED) is 0.791. The molecule has 1 aliphatic rings. The first-order valence-corrected chi connectivity index (χ1v) is 7.78. The summed E-state index contributed by atoms with van der Waals surface area (Å²) >= 11 is 1.35. The number of carbonyl (C=O) groups is 1. The SMILES string of the molecule is CC(Nc1sc(C(N)=O)c(N)c1C1CC1)c1cccnc1. The lowest BCUT2D eigenvalue weighted by atomic mass is 10.1. The number of nitrogens with zero attached hydrogens (tertiary/aromatic N) is 1. The van der Waals surface area contributed by atoms with Crippen LogP contribution in [0, 0.1) is 0 Å². The van der Waals surface area contributed by atoms with Crippen molar-refractivity contribution in [3.05, 3.63) is 40.5 Å². The molecular formula is C15H18N4OS. The Bertz CT molecular complexity index is 664. The van der Waals surface area contributed by atoms with E-state index in [-0.39, 0.29) is 6.04 Å². The van der Waals surface area contributed by atoms with Crippen molar-refractivity contribution in [2.45, 2.75) is 31.7 Å². The van der Waals surface area contributed by atoms with Gasteiger partial charge in [-0.25, -0.2) is 0 Å². The Balaban J connectivity index is 1.91. The highest BCUT2D eigenvalue weighted by Crippen LogP contribution is 2.51. The summed E-state index contributed by atoms with van der Waals surface area (Å²) in [6, 6.07) is 4.02. The van der Waals surface area contributed by atoms with Gasteiger partial charge in [-0.15, -0.1) is 11.3 Å². The first kappa shape index (κ1) is 13.9. The number of anilines is 2. The van der Waals surface area contributed by atoms with Crippen molar-refractivity contribution in [3.8, 4) is 0 Å². The van der Waals surface area contributed by atoms with Gasteiger partial charge in [0.15, 0.2) is 0 Å². The van der Waals surface area contributed by atoms with E-state index in [2.05, 4.69) is 17.2 Å². The van der Waals surface area contributed by atoms with Crippen LogP contribution in [0.1, 0.15) is 52.5 Å². The number of thiophene rings is 1. The standard InChI is InChI=1S/C15H18N4OS/c1-8(10-3-2-6-18-7-10)19-15-11(9-4-5-9)12(16)13(21-15)14(17)20/h2-3,6-9,19H,4-5,16H2,1H3,(H2,17,20). The third kappa shape index (κ3) is 2.71. The largest absolute Gasteiger partial charge is 0.397 e. The number of carbonyl (C=O) groups excluding carboxylic acids is 1. The number of primary amides is 1. The fourth-order valence-corrected chi connectivity index (χ4v) is 3.58. The van der Waals surface area contributed by atoms with Gasteiger partial charge in [-0.1, -0.05) is 6.07 Å². The van der Waals surface area contributed by atoms with E-state index < -0.39 is 5.91 Å². The lowest BCUT2D eigenvalue weighted by molar-refractivity contribution is 0.100. The highest BCUT2D eigenvalue weighted by molar-refractivity contribution is 7.18. The smallest absolute Gasteiger partial charge is 0.260 e. The third-order valence-electron chi connectivity index (χ3n) is 3.72. The molecule has 0 aromatic carbocycles. The summed E-state index contributed by atoms with van der Waals surface area (Å²) in [5.41, 5.74) is 14.2. The highest BCUT2D eigenvalue weighted by Gasteiger charge is 2.32. The van der Waals surface area contributed by atoms with Crippen LogP contribution in [-0.2, 0) is 0 Å². The Morgan fingerprint density at radius 1 is 1.52 bits per heavy atom. The van der Waals surface area contributed by atoms with Crippen molar-refractivity contribution in [1.82, 2.24) is 4.98 Å². The molecular weight excluding hydrogens is 284 g/mol. The molecule has 0 saturated heterocycles. The molecule has 1 fully saturated rings. The van der Waals surface area contributed by atoms with E-state index in [9.17, 15) is 4.79 Å².